The normalized spacial score (nSPS) is 8.12. The van der Waals surface area contributed by atoms with Gasteiger partial charge in [0.05, 0.1) is 25.0 Å². The third-order valence-electron chi connectivity index (χ3n) is 1.74. The molecule has 0 bridgehead atoms. The Morgan fingerprint density at radius 3 is 2.44 bits per heavy atom. The van der Waals surface area contributed by atoms with Gasteiger partial charge in [0.15, 0.2) is 0 Å². The lowest BCUT2D eigenvalue weighted by molar-refractivity contribution is 0.326. The quantitative estimate of drug-likeness (QED) is 0.568. The van der Waals surface area contributed by atoms with Crippen LogP contribution in [0.15, 0.2) is 24.3 Å². The first-order valence-corrected chi connectivity index (χ1v) is 4.82. The van der Waals surface area contributed by atoms with E-state index in [9.17, 15) is 0 Å². The summed E-state index contributed by atoms with van der Waals surface area (Å²) < 4.78 is 5.30. The molecule has 3 nitrogen and oxygen atoms in total. The van der Waals surface area contributed by atoms with Crippen LogP contribution in [0.1, 0.15) is 18.4 Å². The molecule has 0 saturated heterocycles. The predicted molar refractivity (Wildman–Crippen MR) is 59.3 cm³/mol. The molecular formula is C13H10N2O. The molecular weight excluding hydrogens is 200 g/mol. The fourth-order valence-corrected chi connectivity index (χ4v) is 1.03. The van der Waals surface area contributed by atoms with E-state index in [2.05, 4.69) is 11.8 Å². The molecule has 0 aliphatic carbocycles. The minimum atomic E-state index is 0.237. The summed E-state index contributed by atoms with van der Waals surface area (Å²) in [5.41, 5.74) is 0.850. The van der Waals surface area contributed by atoms with Crippen molar-refractivity contribution >= 4 is 0 Å². The molecule has 0 amide bonds. The summed E-state index contributed by atoms with van der Waals surface area (Å²) in [6.07, 6.45) is 0.615. The Kier molecular flexibility index (Phi) is 5.04. The van der Waals surface area contributed by atoms with Crippen LogP contribution in [0.5, 0.6) is 5.75 Å². The molecule has 0 fully saturated rings. The molecule has 1 aromatic carbocycles. The van der Waals surface area contributed by atoms with Crippen LogP contribution in [0.25, 0.3) is 0 Å². The second kappa shape index (κ2) is 6.93. The third kappa shape index (κ3) is 4.18. The topological polar surface area (TPSA) is 56.8 Å². The van der Waals surface area contributed by atoms with Gasteiger partial charge in [-0.2, -0.15) is 10.5 Å². The van der Waals surface area contributed by atoms with Gasteiger partial charge in [0.2, 0.25) is 0 Å². The lowest BCUT2D eigenvalue weighted by Crippen LogP contribution is -1.95. The van der Waals surface area contributed by atoms with Crippen LogP contribution in [0, 0.1) is 34.5 Å². The van der Waals surface area contributed by atoms with Crippen molar-refractivity contribution in [2.75, 3.05) is 6.61 Å². The van der Waals surface area contributed by atoms with Crippen molar-refractivity contribution in [1.82, 2.24) is 0 Å². The van der Waals surface area contributed by atoms with E-state index >= 15 is 0 Å². The highest BCUT2D eigenvalue weighted by Gasteiger charge is 1.92. The summed E-state index contributed by atoms with van der Waals surface area (Å²) in [4.78, 5) is 0. The Morgan fingerprint density at radius 1 is 1.06 bits per heavy atom. The molecule has 16 heavy (non-hydrogen) atoms. The molecule has 0 atom stereocenters. The molecule has 3 heteroatoms. The van der Waals surface area contributed by atoms with Crippen molar-refractivity contribution < 1.29 is 4.74 Å². The molecule has 0 aliphatic heterocycles. The molecule has 0 aromatic heterocycles. The first-order valence-electron chi connectivity index (χ1n) is 4.82. The van der Waals surface area contributed by atoms with Crippen molar-refractivity contribution in [3.8, 4) is 29.7 Å². The summed E-state index contributed by atoms with van der Waals surface area (Å²) in [5, 5.41) is 16.6. The Morgan fingerprint density at radius 2 is 1.81 bits per heavy atom. The molecule has 0 N–H and O–H groups in total. The average molecular weight is 210 g/mol. The Labute approximate surface area is 94.9 Å². The molecule has 1 rings (SSSR count). The maximum absolute atomic E-state index is 8.33. The fourth-order valence-electron chi connectivity index (χ4n) is 1.03. The number of hydrogen-bond acceptors (Lipinski definition) is 3. The van der Waals surface area contributed by atoms with E-state index < -0.39 is 0 Å². The number of nitrogens with zero attached hydrogens (tertiary/aromatic N) is 2. The summed E-state index contributed by atoms with van der Waals surface area (Å²) in [7, 11) is 0. The second-order valence-electron chi connectivity index (χ2n) is 2.92. The zero-order chi connectivity index (χ0) is 11.6. The lowest BCUT2D eigenvalue weighted by atomic mass is 10.2. The Bertz CT molecular complexity index is 466. The van der Waals surface area contributed by atoms with E-state index in [1.165, 1.54) is 0 Å². The lowest BCUT2D eigenvalue weighted by Gasteiger charge is -2.02. The second-order valence-corrected chi connectivity index (χ2v) is 2.92. The monoisotopic (exact) mass is 210 g/mol. The minimum Gasteiger partial charge on any atom is -0.493 e. The van der Waals surface area contributed by atoms with Crippen molar-refractivity contribution in [3.63, 3.8) is 0 Å². The standard InChI is InChI=1S/C13H10N2O/c14-9-2-1-4-12-5-7-13(8-6-12)16-11-3-10-15/h5-8H,2-3,11H2. The first-order chi connectivity index (χ1) is 7.86. The number of benzene rings is 1. The van der Waals surface area contributed by atoms with E-state index in [1.807, 2.05) is 24.3 Å². The zero-order valence-corrected chi connectivity index (χ0v) is 8.73. The minimum absolute atomic E-state index is 0.237. The van der Waals surface area contributed by atoms with Crippen molar-refractivity contribution in [3.05, 3.63) is 29.8 Å². The number of rotatable bonds is 3. The summed E-state index contributed by atoms with van der Waals surface area (Å²) in [5.74, 6) is 6.31. The van der Waals surface area contributed by atoms with E-state index in [0.717, 1.165) is 11.3 Å². The highest BCUT2D eigenvalue weighted by Crippen LogP contribution is 2.11. The van der Waals surface area contributed by atoms with Crippen LogP contribution >= 0.6 is 0 Å². The number of hydrogen-bond donors (Lipinski definition) is 0. The van der Waals surface area contributed by atoms with Gasteiger partial charge >= 0.3 is 0 Å². The Hall–Kier alpha value is -2.44. The van der Waals surface area contributed by atoms with Gasteiger partial charge in [0, 0.05) is 5.56 Å². The smallest absolute Gasteiger partial charge is 0.119 e. The maximum Gasteiger partial charge on any atom is 0.119 e. The van der Waals surface area contributed by atoms with Crippen LogP contribution in [-0.4, -0.2) is 6.61 Å². The Balaban J connectivity index is 2.53. The van der Waals surface area contributed by atoms with E-state index in [4.69, 9.17) is 15.3 Å². The van der Waals surface area contributed by atoms with Crippen molar-refractivity contribution in [2.45, 2.75) is 12.8 Å². The van der Waals surface area contributed by atoms with E-state index in [1.54, 1.807) is 12.1 Å². The van der Waals surface area contributed by atoms with Crippen LogP contribution in [0.2, 0.25) is 0 Å². The molecule has 0 aliphatic rings. The van der Waals surface area contributed by atoms with Crippen molar-refractivity contribution in [2.24, 2.45) is 0 Å². The van der Waals surface area contributed by atoms with Crippen LogP contribution < -0.4 is 4.74 Å². The van der Waals surface area contributed by atoms with E-state index in [-0.39, 0.29) is 6.42 Å². The highest BCUT2D eigenvalue weighted by molar-refractivity contribution is 5.38. The molecule has 0 radical (unpaired) electrons. The summed E-state index contributed by atoms with van der Waals surface area (Å²) in [6, 6.07) is 11.2. The van der Waals surface area contributed by atoms with Gasteiger partial charge in [-0.25, -0.2) is 0 Å². The van der Waals surface area contributed by atoms with E-state index in [0.29, 0.717) is 13.0 Å². The highest BCUT2D eigenvalue weighted by atomic mass is 16.5. The first kappa shape index (κ1) is 11.6. The van der Waals surface area contributed by atoms with Gasteiger partial charge in [-0.05, 0) is 24.3 Å². The van der Waals surface area contributed by atoms with Crippen LogP contribution in [0.4, 0.5) is 0 Å². The molecule has 0 unspecified atom stereocenters. The average Bonchev–Trinajstić information content (AvgIpc) is 2.32. The third-order valence-corrected chi connectivity index (χ3v) is 1.74. The van der Waals surface area contributed by atoms with Gasteiger partial charge < -0.3 is 4.74 Å². The molecule has 0 heterocycles. The van der Waals surface area contributed by atoms with Crippen LogP contribution in [0.3, 0.4) is 0 Å². The molecule has 0 saturated carbocycles. The number of nitriles is 2. The van der Waals surface area contributed by atoms with Crippen LogP contribution in [-0.2, 0) is 0 Å². The van der Waals surface area contributed by atoms with Crippen molar-refractivity contribution in [1.29, 1.82) is 10.5 Å². The van der Waals surface area contributed by atoms with Gasteiger partial charge in [-0.15, -0.1) is 0 Å². The predicted octanol–water partition coefficient (Wildman–Crippen LogP) is 2.24. The number of ether oxygens (including phenoxy) is 1. The molecule has 78 valence electrons. The van der Waals surface area contributed by atoms with Gasteiger partial charge in [-0.1, -0.05) is 11.8 Å². The van der Waals surface area contributed by atoms with Gasteiger partial charge in [-0.3, -0.25) is 0 Å². The zero-order valence-electron chi connectivity index (χ0n) is 8.73. The SMILES string of the molecule is N#CCC#Cc1ccc(OCCC#N)cc1. The fraction of sp³-hybridized carbons (Fsp3) is 0.231. The summed E-state index contributed by atoms with van der Waals surface area (Å²) in [6.45, 7) is 0.399. The van der Waals surface area contributed by atoms with Gasteiger partial charge in [0.25, 0.3) is 0 Å². The molecule has 0 spiro atoms. The molecule has 1 aromatic rings. The van der Waals surface area contributed by atoms with Gasteiger partial charge in [0.1, 0.15) is 12.4 Å². The largest absolute Gasteiger partial charge is 0.493 e. The summed E-state index contributed by atoms with van der Waals surface area (Å²) >= 11 is 0. The maximum atomic E-state index is 8.33.